The first-order chi connectivity index (χ1) is 8.52. The number of nitrogens with zero attached hydrogens (tertiary/aromatic N) is 2. The van der Waals surface area contributed by atoms with Crippen molar-refractivity contribution in [2.24, 2.45) is 4.40 Å². The third-order valence-corrected chi connectivity index (χ3v) is 4.54. The van der Waals surface area contributed by atoms with Crippen molar-refractivity contribution in [2.75, 3.05) is 12.0 Å². The molecule has 0 aromatic heterocycles. The Bertz CT molecular complexity index is 694. The summed E-state index contributed by atoms with van der Waals surface area (Å²) in [7, 11) is -2.24. The summed E-state index contributed by atoms with van der Waals surface area (Å²) in [6.07, 6.45) is 0. The molecule has 1 aromatic rings. The van der Waals surface area contributed by atoms with E-state index in [1.807, 2.05) is 6.07 Å². The first kappa shape index (κ1) is 11.4. The second-order valence-corrected chi connectivity index (χ2v) is 6.07. The molecular weight excluding hydrogens is 276 g/mol. The quantitative estimate of drug-likeness (QED) is 0.845. The number of amidine groups is 1. The number of anilines is 1. The van der Waals surface area contributed by atoms with Crippen LogP contribution >= 0.6 is 11.8 Å². The summed E-state index contributed by atoms with van der Waals surface area (Å²) >= 11 is 1.17. The SMILES string of the molecule is COc1cccc2c1N1C(O)=CS(=O)(=O)N=C1S2. The predicted molar refractivity (Wildman–Crippen MR) is 68.4 cm³/mol. The van der Waals surface area contributed by atoms with Gasteiger partial charge in [-0.25, -0.2) is 0 Å². The number of hydrogen-bond donors (Lipinski definition) is 1. The summed E-state index contributed by atoms with van der Waals surface area (Å²) in [5.41, 5.74) is 0.604. The van der Waals surface area contributed by atoms with E-state index in [2.05, 4.69) is 4.40 Å². The van der Waals surface area contributed by atoms with E-state index in [4.69, 9.17) is 4.74 Å². The number of thioether (sulfide) groups is 1. The molecule has 2 heterocycles. The van der Waals surface area contributed by atoms with Crippen molar-refractivity contribution in [3.05, 3.63) is 29.5 Å². The van der Waals surface area contributed by atoms with Gasteiger partial charge in [-0.1, -0.05) is 6.07 Å². The van der Waals surface area contributed by atoms with Gasteiger partial charge in [-0.2, -0.15) is 8.42 Å². The van der Waals surface area contributed by atoms with E-state index in [0.29, 0.717) is 11.4 Å². The maximum Gasteiger partial charge on any atom is 0.283 e. The van der Waals surface area contributed by atoms with E-state index in [-0.39, 0.29) is 11.1 Å². The van der Waals surface area contributed by atoms with E-state index in [9.17, 15) is 13.5 Å². The standard InChI is InChI=1S/C10H8N2O4S2/c1-16-6-3-2-4-7-9(6)12-8(13)5-18(14,15)11-10(12)17-7/h2-5,13H,1H3. The minimum absolute atomic E-state index is 0.203. The molecule has 1 N–H and O–H groups in total. The number of hydrogen-bond acceptors (Lipinski definition) is 6. The van der Waals surface area contributed by atoms with Crippen LogP contribution in [0.1, 0.15) is 0 Å². The van der Waals surface area contributed by atoms with Crippen molar-refractivity contribution in [3.8, 4) is 5.75 Å². The van der Waals surface area contributed by atoms with Gasteiger partial charge in [-0.15, -0.1) is 4.40 Å². The molecule has 0 spiro atoms. The topological polar surface area (TPSA) is 79.2 Å². The van der Waals surface area contributed by atoms with Crippen molar-refractivity contribution in [1.82, 2.24) is 0 Å². The maximum absolute atomic E-state index is 11.4. The van der Waals surface area contributed by atoms with Crippen molar-refractivity contribution < 1.29 is 18.3 Å². The zero-order valence-electron chi connectivity index (χ0n) is 9.19. The molecule has 0 radical (unpaired) electrons. The van der Waals surface area contributed by atoms with Crippen LogP contribution < -0.4 is 9.64 Å². The van der Waals surface area contributed by atoms with Crippen molar-refractivity contribution >= 4 is 32.6 Å². The van der Waals surface area contributed by atoms with Crippen LogP contribution in [-0.4, -0.2) is 25.8 Å². The average molecular weight is 284 g/mol. The molecule has 2 aliphatic rings. The Morgan fingerprint density at radius 2 is 2.22 bits per heavy atom. The summed E-state index contributed by atoms with van der Waals surface area (Å²) in [6, 6.07) is 5.33. The van der Waals surface area contributed by atoms with Gasteiger partial charge >= 0.3 is 0 Å². The Balaban J connectivity index is 2.24. The fraction of sp³-hybridized carbons (Fsp3) is 0.100. The minimum atomic E-state index is -3.75. The molecule has 0 amide bonds. The Kier molecular flexibility index (Phi) is 2.32. The lowest BCUT2D eigenvalue weighted by molar-refractivity contribution is 0.395. The van der Waals surface area contributed by atoms with E-state index in [1.165, 1.54) is 23.8 Å². The van der Waals surface area contributed by atoms with E-state index >= 15 is 0 Å². The van der Waals surface area contributed by atoms with E-state index in [0.717, 1.165) is 10.3 Å². The second-order valence-electron chi connectivity index (χ2n) is 3.61. The second kappa shape index (κ2) is 3.66. The molecule has 2 aliphatic heterocycles. The number of rotatable bonds is 1. The predicted octanol–water partition coefficient (Wildman–Crippen LogP) is 1.66. The van der Waals surface area contributed by atoms with Gasteiger partial charge in [0.25, 0.3) is 10.0 Å². The lowest BCUT2D eigenvalue weighted by Crippen LogP contribution is -2.28. The Hall–Kier alpha value is -1.67. The van der Waals surface area contributed by atoms with Crippen LogP contribution in [0.25, 0.3) is 0 Å². The van der Waals surface area contributed by atoms with Gasteiger partial charge in [-0.3, -0.25) is 4.90 Å². The van der Waals surface area contributed by atoms with Gasteiger partial charge in [0.15, 0.2) is 5.17 Å². The molecule has 3 rings (SSSR count). The molecule has 0 unspecified atom stereocenters. The fourth-order valence-corrected chi connectivity index (χ4v) is 3.89. The molecule has 6 nitrogen and oxygen atoms in total. The number of benzene rings is 1. The molecule has 0 bridgehead atoms. The third kappa shape index (κ3) is 1.57. The van der Waals surface area contributed by atoms with Crippen molar-refractivity contribution in [1.29, 1.82) is 0 Å². The normalized spacial score (nSPS) is 19.7. The van der Waals surface area contributed by atoms with Gasteiger partial charge in [-0.05, 0) is 23.9 Å². The summed E-state index contributed by atoms with van der Waals surface area (Å²) < 4.78 is 31.6. The van der Waals surface area contributed by atoms with E-state index < -0.39 is 10.0 Å². The van der Waals surface area contributed by atoms with Crippen molar-refractivity contribution in [3.63, 3.8) is 0 Å². The van der Waals surface area contributed by atoms with Gasteiger partial charge in [0.1, 0.15) is 16.8 Å². The monoisotopic (exact) mass is 284 g/mol. The highest BCUT2D eigenvalue weighted by molar-refractivity contribution is 8.15. The first-order valence-corrected chi connectivity index (χ1v) is 7.24. The minimum Gasteiger partial charge on any atom is -0.495 e. The lowest BCUT2D eigenvalue weighted by Gasteiger charge is -2.21. The lowest BCUT2D eigenvalue weighted by atomic mass is 10.2. The van der Waals surface area contributed by atoms with Crippen LogP contribution in [0, 0.1) is 0 Å². The highest BCUT2D eigenvalue weighted by Gasteiger charge is 2.37. The van der Waals surface area contributed by atoms with E-state index in [1.54, 1.807) is 12.1 Å². The molecule has 0 fully saturated rings. The highest BCUT2D eigenvalue weighted by atomic mass is 32.2. The summed E-state index contributed by atoms with van der Waals surface area (Å²) in [6.45, 7) is 0. The molecule has 0 aliphatic carbocycles. The summed E-state index contributed by atoms with van der Waals surface area (Å²) in [5, 5.41) is 10.8. The molecule has 18 heavy (non-hydrogen) atoms. The zero-order valence-corrected chi connectivity index (χ0v) is 10.8. The number of methoxy groups -OCH3 is 1. The highest BCUT2D eigenvalue weighted by Crippen LogP contribution is 2.48. The summed E-state index contributed by atoms with van der Waals surface area (Å²) in [4.78, 5) is 2.14. The van der Waals surface area contributed by atoms with Crippen LogP contribution in [0.5, 0.6) is 5.75 Å². The number of aliphatic hydroxyl groups excluding tert-OH is 1. The molecular formula is C10H8N2O4S2. The molecule has 1 aromatic carbocycles. The number of para-hydroxylation sites is 1. The summed E-state index contributed by atoms with van der Waals surface area (Å²) in [5.74, 6) is 0.167. The number of fused-ring (bicyclic) bond motifs is 3. The molecule has 0 saturated heterocycles. The molecule has 0 atom stereocenters. The van der Waals surface area contributed by atoms with Crippen LogP contribution in [0.4, 0.5) is 5.69 Å². The Labute approximate surface area is 108 Å². The van der Waals surface area contributed by atoms with Gasteiger partial charge in [0.05, 0.1) is 7.11 Å². The van der Waals surface area contributed by atoms with Crippen LogP contribution in [0.2, 0.25) is 0 Å². The van der Waals surface area contributed by atoms with Gasteiger partial charge in [0, 0.05) is 4.90 Å². The number of ether oxygens (including phenoxy) is 1. The smallest absolute Gasteiger partial charge is 0.283 e. The van der Waals surface area contributed by atoms with Gasteiger partial charge in [0.2, 0.25) is 5.88 Å². The van der Waals surface area contributed by atoms with Crippen LogP contribution in [-0.2, 0) is 10.0 Å². The number of sulfonamides is 1. The zero-order chi connectivity index (χ0) is 12.9. The largest absolute Gasteiger partial charge is 0.495 e. The molecule has 0 saturated carbocycles. The molecule has 8 heteroatoms. The fourth-order valence-electron chi connectivity index (χ4n) is 1.80. The van der Waals surface area contributed by atoms with Crippen molar-refractivity contribution in [2.45, 2.75) is 4.90 Å². The average Bonchev–Trinajstić information content (AvgIpc) is 2.64. The Morgan fingerprint density at radius 3 is 2.94 bits per heavy atom. The van der Waals surface area contributed by atoms with Gasteiger partial charge < -0.3 is 9.84 Å². The number of aliphatic hydroxyl groups is 1. The van der Waals surface area contributed by atoms with Crippen LogP contribution in [0.3, 0.4) is 0 Å². The third-order valence-electron chi connectivity index (χ3n) is 2.49. The molecule has 94 valence electrons. The Morgan fingerprint density at radius 1 is 1.44 bits per heavy atom. The maximum atomic E-state index is 11.4. The van der Waals surface area contributed by atoms with Crippen LogP contribution in [0.15, 0.2) is 38.8 Å². The first-order valence-electron chi connectivity index (χ1n) is 4.92.